The molecule has 0 radical (unpaired) electrons. The zero-order valence-electron chi connectivity index (χ0n) is 25.1. The lowest BCUT2D eigenvalue weighted by atomic mass is 10.0. The standard InChI is InChI=1S/C32H59NO6/c1-2-3-4-5-6-7-8-9-10-11-12-13-14-15-16-17-18-19-20-21-22-26-33(27-23-30(34)35,28-24-31(36)37)29-25-32(38)39/h21-22H,2-20,23-29H2,1H3,(H2-,34,35,36,37,38,39)/p+1/b22-21+. The van der Waals surface area contributed by atoms with Crippen molar-refractivity contribution in [2.45, 2.75) is 148 Å². The molecule has 7 nitrogen and oxygen atoms in total. The number of rotatable bonds is 30. The van der Waals surface area contributed by atoms with Crippen LogP contribution in [0.2, 0.25) is 0 Å². The summed E-state index contributed by atoms with van der Waals surface area (Å²) in [5, 5.41) is 27.4. The molecule has 7 heteroatoms. The van der Waals surface area contributed by atoms with Gasteiger partial charge in [0, 0.05) is 0 Å². The molecule has 228 valence electrons. The second-order valence-electron chi connectivity index (χ2n) is 11.4. The molecular formula is C32H60NO6+. The van der Waals surface area contributed by atoms with Gasteiger partial charge >= 0.3 is 17.9 Å². The van der Waals surface area contributed by atoms with E-state index in [1.807, 2.05) is 6.08 Å². The van der Waals surface area contributed by atoms with E-state index in [-0.39, 0.29) is 43.4 Å². The third-order valence-corrected chi connectivity index (χ3v) is 7.78. The first-order valence-corrected chi connectivity index (χ1v) is 16.0. The van der Waals surface area contributed by atoms with E-state index < -0.39 is 17.9 Å². The summed E-state index contributed by atoms with van der Waals surface area (Å²) in [7, 11) is 0. The molecule has 0 spiro atoms. The topological polar surface area (TPSA) is 112 Å². The number of carboxylic acids is 3. The van der Waals surface area contributed by atoms with Crippen molar-refractivity contribution in [3.05, 3.63) is 12.2 Å². The van der Waals surface area contributed by atoms with Gasteiger partial charge in [0.2, 0.25) is 0 Å². The summed E-state index contributed by atoms with van der Waals surface area (Å²) in [5.41, 5.74) is 0. The minimum atomic E-state index is -0.953. The van der Waals surface area contributed by atoms with Gasteiger partial charge in [-0.1, -0.05) is 122 Å². The second-order valence-corrected chi connectivity index (χ2v) is 11.4. The van der Waals surface area contributed by atoms with Gasteiger partial charge in [0.25, 0.3) is 0 Å². The highest BCUT2D eigenvalue weighted by Gasteiger charge is 2.28. The summed E-state index contributed by atoms with van der Waals surface area (Å²) in [6.07, 6.45) is 29.0. The lowest BCUT2D eigenvalue weighted by Crippen LogP contribution is -2.51. The van der Waals surface area contributed by atoms with E-state index in [9.17, 15) is 14.4 Å². The molecule has 39 heavy (non-hydrogen) atoms. The number of unbranched alkanes of at least 4 members (excludes halogenated alkanes) is 18. The van der Waals surface area contributed by atoms with Gasteiger partial charge in [0.05, 0.1) is 45.4 Å². The molecule has 0 aliphatic rings. The molecular weight excluding hydrogens is 494 g/mol. The van der Waals surface area contributed by atoms with Crippen molar-refractivity contribution in [2.75, 3.05) is 26.2 Å². The van der Waals surface area contributed by atoms with Crippen LogP contribution in [0.4, 0.5) is 0 Å². The molecule has 0 atom stereocenters. The third kappa shape index (κ3) is 26.1. The highest BCUT2D eigenvalue weighted by Crippen LogP contribution is 2.16. The Balaban J connectivity index is 3.91. The van der Waals surface area contributed by atoms with Crippen LogP contribution in [-0.4, -0.2) is 63.9 Å². The third-order valence-electron chi connectivity index (χ3n) is 7.78. The number of hydrogen-bond donors (Lipinski definition) is 3. The fraction of sp³-hybridized carbons (Fsp3) is 0.844. The molecule has 0 fully saturated rings. The molecule has 0 aliphatic carbocycles. The largest absolute Gasteiger partial charge is 0.481 e. The van der Waals surface area contributed by atoms with E-state index in [4.69, 9.17) is 15.3 Å². The van der Waals surface area contributed by atoms with E-state index in [2.05, 4.69) is 13.0 Å². The Hall–Kier alpha value is -1.89. The Morgan fingerprint density at radius 3 is 1.10 bits per heavy atom. The fourth-order valence-electron chi connectivity index (χ4n) is 5.19. The maximum absolute atomic E-state index is 11.1. The SMILES string of the molecule is CCCCCCCCCCCCCCCCCCCC/C=C/C[N+](CCC(=O)O)(CCC(=O)O)CCC(=O)O. The van der Waals surface area contributed by atoms with E-state index in [0.717, 1.165) is 12.8 Å². The fourth-order valence-corrected chi connectivity index (χ4v) is 5.19. The van der Waals surface area contributed by atoms with Gasteiger partial charge in [-0.15, -0.1) is 0 Å². The van der Waals surface area contributed by atoms with Gasteiger partial charge in [-0.3, -0.25) is 14.4 Å². The van der Waals surface area contributed by atoms with E-state index in [1.165, 1.54) is 109 Å². The zero-order valence-corrected chi connectivity index (χ0v) is 25.1. The molecule has 0 saturated heterocycles. The van der Waals surface area contributed by atoms with Crippen LogP contribution in [0, 0.1) is 0 Å². The number of nitrogens with zero attached hydrogens (tertiary/aromatic N) is 1. The molecule has 0 amide bonds. The maximum atomic E-state index is 11.1. The van der Waals surface area contributed by atoms with Gasteiger partial charge in [-0.25, -0.2) is 0 Å². The van der Waals surface area contributed by atoms with Gasteiger partial charge in [0.1, 0.15) is 0 Å². The monoisotopic (exact) mass is 554 g/mol. The molecule has 0 heterocycles. The summed E-state index contributed by atoms with van der Waals surface area (Å²) in [5.74, 6) is -2.86. The predicted molar refractivity (Wildman–Crippen MR) is 159 cm³/mol. The Labute approximate surface area is 238 Å². The highest BCUT2D eigenvalue weighted by atomic mass is 16.4. The zero-order chi connectivity index (χ0) is 29.0. The number of aliphatic carboxylic acids is 3. The number of carbonyl (C=O) groups is 3. The van der Waals surface area contributed by atoms with Gasteiger partial charge in [-0.2, -0.15) is 0 Å². The summed E-state index contributed by atoms with van der Waals surface area (Å²) >= 11 is 0. The van der Waals surface area contributed by atoms with Crippen LogP contribution in [-0.2, 0) is 14.4 Å². The van der Waals surface area contributed by atoms with Crippen LogP contribution in [0.3, 0.4) is 0 Å². The van der Waals surface area contributed by atoms with Crippen molar-refractivity contribution >= 4 is 17.9 Å². The molecule has 0 saturated carbocycles. The number of quaternary nitrogens is 1. The first-order chi connectivity index (χ1) is 18.8. The number of hydrogen-bond acceptors (Lipinski definition) is 3. The molecule has 0 aromatic rings. The van der Waals surface area contributed by atoms with Crippen LogP contribution in [0.1, 0.15) is 148 Å². The Bertz CT molecular complexity index is 603. The van der Waals surface area contributed by atoms with Gasteiger partial charge in [0.15, 0.2) is 0 Å². The molecule has 0 bridgehead atoms. The summed E-state index contributed by atoms with van der Waals surface area (Å²) in [4.78, 5) is 33.4. The average molecular weight is 555 g/mol. The smallest absolute Gasteiger partial charge is 0.309 e. The molecule has 0 aliphatic heterocycles. The second kappa shape index (κ2) is 26.3. The number of carboxylic acid groups (broad SMARTS) is 3. The van der Waals surface area contributed by atoms with E-state index >= 15 is 0 Å². The lowest BCUT2D eigenvalue weighted by Gasteiger charge is -2.37. The van der Waals surface area contributed by atoms with Crippen LogP contribution in [0.25, 0.3) is 0 Å². The maximum Gasteiger partial charge on any atom is 0.309 e. The van der Waals surface area contributed by atoms with Crippen molar-refractivity contribution < 1.29 is 34.2 Å². The van der Waals surface area contributed by atoms with Crippen molar-refractivity contribution in [2.24, 2.45) is 0 Å². The summed E-state index contributed by atoms with van der Waals surface area (Å²) in [6, 6.07) is 0. The van der Waals surface area contributed by atoms with Gasteiger partial charge in [-0.05, 0) is 18.9 Å². The van der Waals surface area contributed by atoms with Crippen molar-refractivity contribution in [1.29, 1.82) is 0 Å². The normalized spacial score (nSPS) is 11.8. The summed E-state index contributed by atoms with van der Waals surface area (Å²) in [6.45, 7) is 3.44. The first kappa shape index (κ1) is 37.1. The van der Waals surface area contributed by atoms with Crippen molar-refractivity contribution in [1.82, 2.24) is 0 Å². The Kier molecular flexibility index (Phi) is 25.1. The summed E-state index contributed by atoms with van der Waals surface area (Å²) < 4.78 is 0.181. The lowest BCUT2D eigenvalue weighted by molar-refractivity contribution is -0.921. The van der Waals surface area contributed by atoms with E-state index in [1.54, 1.807) is 0 Å². The van der Waals surface area contributed by atoms with Crippen LogP contribution < -0.4 is 0 Å². The number of allylic oxidation sites excluding steroid dienone is 1. The van der Waals surface area contributed by atoms with E-state index in [0.29, 0.717) is 6.54 Å². The minimum absolute atomic E-state index is 0.105. The molecule has 0 aromatic heterocycles. The molecule has 0 unspecified atom stereocenters. The quantitative estimate of drug-likeness (QED) is 0.0468. The minimum Gasteiger partial charge on any atom is -0.481 e. The first-order valence-electron chi connectivity index (χ1n) is 16.0. The molecule has 3 N–H and O–H groups in total. The van der Waals surface area contributed by atoms with Crippen LogP contribution in [0.5, 0.6) is 0 Å². The Morgan fingerprint density at radius 2 is 0.795 bits per heavy atom. The Morgan fingerprint density at radius 1 is 0.487 bits per heavy atom. The van der Waals surface area contributed by atoms with Crippen LogP contribution in [0.15, 0.2) is 12.2 Å². The molecule has 0 aromatic carbocycles. The van der Waals surface area contributed by atoms with Gasteiger partial charge < -0.3 is 19.8 Å². The predicted octanol–water partition coefficient (Wildman–Crippen LogP) is 8.22. The average Bonchev–Trinajstić information content (AvgIpc) is 2.90. The molecule has 0 rings (SSSR count). The van der Waals surface area contributed by atoms with Crippen molar-refractivity contribution in [3.8, 4) is 0 Å². The highest BCUT2D eigenvalue weighted by molar-refractivity contribution is 5.67. The van der Waals surface area contributed by atoms with Crippen molar-refractivity contribution in [3.63, 3.8) is 0 Å². The van der Waals surface area contributed by atoms with Crippen LogP contribution >= 0.6 is 0 Å².